The first-order valence-electron chi connectivity index (χ1n) is 6.34. The Hall–Kier alpha value is -2.15. The van der Waals surface area contributed by atoms with Gasteiger partial charge in [0, 0.05) is 19.2 Å². The van der Waals surface area contributed by atoms with Gasteiger partial charge in [-0.1, -0.05) is 0 Å². The summed E-state index contributed by atoms with van der Waals surface area (Å²) in [7, 11) is 1.23. The van der Waals surface area contributed by atoms with Gasteiger partial charge in [0.2, 0.25) is 0 Å². The van der Waals surface area contributed by atoms with Gasteiger partial charge in [0.05, 0.1) is 23.7 Å². The van der Waals surface area contributed by atoms with E-state index in [-0.39, 0.29) is 17.4 Å². The molecule has 0 spiro atoms. The zero-order chi connectivity index (χ0) is 14.5. The summed E-state index contributed by atoms with van der Waals surface area (Å²) in [6, 6.07) is 4.22. The average molecular weight is 280 g/mol. The zero-order valence-electron chi connectivity index (χ0n) is 11.1. The lowest BCUT2D eigenvalue weighted by atomic mass is 10.1. The van der Waals surface area contributed by atoms with Crippen molar-refractivity contribution in [2.75, 3.05) is 25.6 Å². The van der Waals surface area contributed by atoms with Crippen LogP contribution in [0.1, 0.15) is 23.2 Å². The number of hydrogen-bond acceptors (Lipinski definition) is 6. The van der Waals surface area contributed by atoms with Crippen molar-refractivity contribution in [1.29, 1.82) is 0 Å². The third-order valence-corrected chi connectivity index (χ3v) is 3.16. The van der Waals surface area contributed by atoms with Crippen LogP contribution < -0.4 is 5.32 Å². The van der Waals surface area contributed by atoms with Crippen LogP contribution >= 0.6 is 0 Å². The monoisotopic (exact) mass is 280 g/mol. The molecule has 1 fully saturated rings. The van der Waals surface area contributed by atoms with Crippen molar-refractivity contribution in [3.63, 3.8) is 0 Å². The summed E-state index contributed by atoms with van der Waals surface area (Å²) in [6.45, 7) is 1.24. The van der Waals surface area contributed by atoms with E-state index in [1.165, 1.54) is 25.3 Å². The van der Waals surface area contributed by atoms with Crippen molar-refractivity contribution in [3.8, 4) is 0 Å². The highest BCUT2D eigenvalue weighted by Gasteiger charge is 2.20. The van der Waals surface area contributed by atoms with E-state index in [1.807, 2.05) is 0 Å². The average Bonchev–Trinajstić information content (AvgIpc) is 2.97. The minimum atomic E-state index is -0.598. The molecule has 1 aliphatic heterocycles. The van der Waals surface area contributed by atoms with Crippen molar-refractivity contribution in [2.45, 2.75) is 18.9 Å². The van der Waals surface area contributed by atoms with E-state index >= 15 is 0 Å². The maximum absolute atomic E-state index is 11.4. The number of benzene rings is 1. The second-order valence-electron chi connectivity index (χ2n) is 4.50. The Labute approximate surface area is 116 Å². The number of hydrogen-bond donors (Lipinski definition) is 1. The molecular weight excluding hydrogens is 264 g/mol. The van der Waals surface area contributed by atoms with Crippen LogP contribution in [0.3, 0.4) is 0 Å². The normalized spacial score (nSPS) is 17.8. The van der Waals surface area contributed by atoms with E-state index in [9.17, 15) is 14.9 Å². The summed E-state index contributed by atoms with van der Waals surface area (Å²) < 4.78 is 10.00. The number of rotatable bonds is 5. The first-order chi connectivity index (χ1) is 9.61. The van der Waals surface area contributed by atoms with Gasteiger partial charge in [0.25, 0.3) is 5.69 Å². The predicted octanol–water partition coefficient (Wildman–Crippen LogP) is 1.97. The van der Waals surface area contributed by atoms with E-state index in [2.05, 4.69) is 10.1 Å². The Bertz CT molecular complexity index is 511. The molecule has 7 heteroatoms. The minimum Gasteiger partial charge on any atom is -0.465 e. The van der Waals surface area contributed by atoms with E-state index in [4.69, 9.17) is 4.74 Å². The highest BCUT2D eigenvalue weighted by Crippen LogP contribution is 2.26. The number of carbonyl (C=O) groups excluding carboxylic acids is 1. The fourth-order valence-electron chi connectivity index (χ4n) is 2.11. The molecule has 0 unspecified atom stereocenters. The smallest absolute Gasteiger partial charge is 0.338 e. The molecule has 1 heterocycles. The Morgan fingerprint density at radius 3 is 3.00 bits per heavy atom. The van der Waals surface area contributed by atoms with Crippen LogP contribution in [-0.4, -0.2) is 37.3 Å². The summed E-state index contributed by atoms with van der Waals surface area (Å²) >= 11 is 0. The van der Waals surface area contributed by atoms with Crippen molar-refractivity contribution in [2.24, 2.45) is 0 Å². The number of methoxy groups -OCH3 is 1. The molecule has 0 saturated carbocycles. The van der Waals surface area contributed by atoms with Crippen molar-refractivity contribution in [1.82, 2.24) is 0 Å². The first-order valence-corrected chi connectivity index (χ1v) is 6.34. The Morgan fingerprint density at radius 1 is 1.60 bits per heavy atom. The lowest BCUT2D eigenvalue weighted by molar-refractivity contribution is -0.384. The second kappa shape index (κ2) is 6.33. The van der Waals surface area contributed by atoms with Crippen LogP contribution in [0.5, 0.6) is 0 Å². The number of carbonyl (C=O) groups is 1. The number of nitro benzene ring substituents is 1. The molecule has 1 aromatic rings. The summed E-state index contributed by atoms with van der Waals surface area (Å²) in [5.41, 5.74) is 0.380. The molecule has 0 amide bonds. The van der Waals surface area contributed by atoms with Gasteiger partial charge in [0.1, 0.15) is 5.69 Å². The molecule has 0 radical (unpaired) electrons. The zero-order valence-corrected chi connectivity index (χ0v) is 11.1. The van der Waals surface area contributed by atoms with Crippen LogP contribution in [0.15, 0.2) is 18.2 Å². The molecular formula is C13H16N2O5. The van der Waals surface area contributed by atoms with Gasteiger partial charge < -0.3 is 14.8 Å². The molecule has 2 rings (SSSR count). The summed E-state index contributed by atoms with van der Waals surface area (Å²) in [5.74, 6) is -0.598. The van der Waals surface area contributed by atoms with E-state index in [1.54, 1.807) is 0 Å². The van der Waals surface area contributed by atoms with Gasteiger partial charge in [0.15, 0.2) is 0 Å². The van der Waals surface area contributed by atoms with E-state index < -0.39 is 10.9 Å². The standard InChI is InChI=1S/C13H16N2O5/c1-19-13(16)9-4-5-11(12(7-9)15(17)18)14-8-10-3-2-6-20-10/h4-5,7,10,14H,2-3,6,8H2,1H3/t10-/m1/s1. The third kappa shape index (κ3) is 3.24. The van der Waals surface area contributed by atoms with Gasteiger partial charge in [-0.25, -0.2) is 4.79 Å². The number of nitro groups is 1. The highest BCUT2D eigenvalue weighted by atomic mass is 16.6. The number of ether oxygens (including phenoxy) is 2. The summed E-state index contributed by atoms with van der Waals surface area (Å²) in [6.07, 6.45) is 2.03. The van der Waals surface area contributed by atoms with E-state index in [0.717, 1.165) is 19.4 Å². The number of nitrogens with one attached hydrogen (secondary N) is 1. The van der Waals surface area contributed by atoms with Gasteiger partial charge in [-0.05, 0) is 25.0 Å². The topological polar surface area (TPSA) is 90.7 Å². The van der Waals surface area contributed by atoms with Crippen LogP contribution in [0.4, 0.5) is 11.4 Å². The van der Waals surface area contributed by atoms with Gasteiger partial charge in [-0.15, -0.1) is 0 Å². The van der Waals surface area contributed by atoms with Crippen molar-refractivity contribution >= 4 is 17.3 Å². The van der Waals surface area contributed by atoms with Crippen LogP contribution in [-0.2, 0) is 9.47 Å². The fraction of sp³-hybridized carbons (Fsp3) is 0.462. The Kier molecular flexibility index (Phi) is 4.52. The molecule has 20 heavy (non-hydrogen) atoms. The predicted molar refractivity (Wildman–Crippen MR) is 71.9 cm³/mol. The molecule has 1 atom stereocenters. The lowest BCUT2D eigenvalue weighted by Crippen LogP contribution is -2.19. The second-order valence-corrected chi connectivity index (χ2v) is 4.50. The summed E-state index contributed by atoms with van der Waals surface area (Å²) in [5, 5.41) is 14.1. The van der Waals surface area contributed by atoms with Gasteiger partial charge in [-0.2, -0.15) is 0 Å². The van der Waals surface area contributed by atoms with Gasteiger partial charge >= 0.3 is 5.97 Å². The third-order valence-electron chi connectivity index (χ3n) is 3.16. The Balaban J connectivity index is 2.14. The van der Waals surface area contributed by atoms with Crippen LogP contribution in [0.2, 0.25) is 0 Å². The molecule has 0 bridgehead atoms. The molecule has 0 aromatic heterocycles. The molecule has 1 aliphatic rings. The number of anilines is 1. The lowest BCUT2D eigenvalue weighted by Gasteiger charge is -2.12. The summed E-state index contributed by atoms with van der Waals surface area (Å²) in [4.78, 5) is 21.9. The molecule has 108 valence electrons. The largest absolute Gasteiger partial charge is 0.465 e. The Morgan fingerprint density at radius 2 is 2.40 bits per heavy atom. The minimum absolute atomic E-state index is 0.0786. The first kappa shape index (κ1) is 14.3. The van der Waals surface area contributed by atoms with Gasteiger partial charge in [-0.3, -0.25) is 10.1 Å². The van der Waals surface area contributed by atoms with Crippen molar-refractivity contribution < 1.29 is 19.2 Å². The molecule has 7 nitrogen and oxygen atoms in total. The van der Waals surface area contributed by atoms with E-state index in [0.29, 0.717) is 12.2 Å². The fourth-order valence-corrected chi connectivity index (χ4v) is 2.11. The number of nitrogens with zero attached hydrogens (tertiary/aromatic N) is 1. The SMILES string of the molecule is COC(=O)c1ccc(NC[C@H]2CCCO2)c([N+](=O)[O-])c1. The quantitative estimate of drug-likeness (QED) is 0.504. The highest BCUT2D eigenvalue weighted by molar-refractivity contribution is 5.91. The maximum atomic E-state index is 11.4. The number of esters is 1. The molecule has 1 saturated heterocycles. The van der Waals surface area contributed by atoms with Crippen LogP contribution in [0.25, 0.3) is 0 Å². The molecule has 0 aliphatic carbocycles. The molecule has 1 aromatic carbocycles. The van der Waals surface area contributed by atoms with Crippen molar-refractivity contribution in [3.05, 3.63) is 33.9 Å². The molecule has 1 N–H and O–H groups in total. The maximum Gasteiger partial charge on any atom is 0.338 e. The van der Waals surface area contributed by atoms with Crippen LogP contribution in [0, 0.1) is 10.1 Å².